The summed E-state index contributed by atoms with van der Waals surface area (Å²) in [4.78, 5) is 44.3. The molecular formula is C27H33N3O9. The van der Waals surface area contributed by atoms with Crippen molar-refractivity contribution in [3.05, 3.63) is 46.2 Å². The number of phenols is 1. The fourth-order valence-electron chi connectivity index (χ4n) is 6.51. The van der Waals surface area contributed by atoms with Crippen LogP contribution in [0.1, 0.15) is 24.5 Å². The van der Waals surface area contributed by atoms with Crippen LogP contribution in [0, 0.1) is 11.8 Å². The van der Waals surface area contributed by atoms with E-state index in [0.29, 0.717) is 26.3 Å². The van der Waals surface area contributed by atoms with Gasteiger partial charge < -0.3 is 35.6 Å². The van der Waals surface area contributed by atoms with Crippen molar-refractivity contribution in [3.63, 3.8) is 0 Å². The van der Waals surface area contributed by atoms with Crippen molar-refractivity contribution in [2.75, 3.05) is 47.1 Å². The number of nitrogens with zero attached hydrogens (tertiary/aromatic N) is 2. The van der Waals surface area contributed by atoms with Crippen LogP contribution in [0.2, 0.25) is 0 Å². The zero-order chi connectivity index (χ0) is 28.4. The lowest BCUT2D eigenvalue weighted by Crippen LogP contribution is -2.67. The largest absolute Gasteiger partial charge is 0.508 e. The highest BCUT2D eigenvalue weighted by atomic mass is 16.5. The van der Waals surface area contributed by atoms with Crippen molar-refractivity contribution in [1.82, 2.24) is 15.1 Å². The maximum Gasteiger partial charge on any atom is 0.259 e. The van der Waals surface area contributed by atoms with Gasteiger partial charge >= 0.3 is 0 Å². The minimum absolute atomic E-state index is 0.0572. The molecule has 3 aliphatic carbocycles. The molecule has 1 saturated carbocycles. The number of carbonyl (C=O) groups excluding carboxylic acids is 3. The molecule has 0 unspecified atom stereocenters. The molecular weight excluding hydrogens is 510 g/mol. The predicted molar refractivity (Wildman–Crippen MR) is 136 cm³/mol. The fraction of sp³-hybridized carbons (Fsp3) is 0.519. The van der Waals surface area contributed by atoms with E-state index in [9.17, 15) is 39.9 Å². The minimum Gasteiger partial charge on any atom is -0.508 e. The molecule has 5 atom stereocenters. The van der Waals surface area contributed by atoms with E-state index in [1.54, 1.807) is 14.1 Å². The lowest BCUT2D eigenvalue weighted by atomic mass is 9.54. The maximum absolute atomic E-state index is 14.1. The first-order chi connectivity index (χ1) is 18.3. The van der Waals surface area contributed by atoms with Gasteiger partial charge in [0, 0.05) is 30.5 Å². The summed E-state index contributed by atoms with van der Waals surface area (Å²) in [7, 11) is 3.10. The van der Waals surface area contributed by atoms with E-state index in [0.717, 1.165) is 0 Å². The average molecular weight is 544 g/mol. The molecule has 1 amide bonds. The van der Waals surface area contributed by atoms with Crippen molar-refractivity contribution >= 4 is 23.2 Å². The number of morpholine rings is 1. The molecule has 6 N–H and O–H groups in total. The lowest BCUT2D eigenvalue weighted by Gasteiger charge is -2.53. The van der Waals surface area contributed by atoms with Gasteiger partial charge in [0.2, 0.25) is 5.78 Å². The topological polar surface area (TPSA) is 180 Å². The molecule has 2 fully saturated rings. The summed E-state index contributed by atoms with van der Waals surface area (Å²) in [5, 5.41) is 59.0. The lowest BCUT2D eigenvalue weighted by molar-refractivity contribution is -0.159. The van der Waals surface area contributed by atoms with Gasteiger partial charge in [-0.25, -0.2) is 0 Å². The van der Waals surface area contributed by atoms with Crippen LogP contribution >= 0.6 is 0 Å². The van der Waals surface area contributed by atoms with Gasteiger partial charge in [0.15, 0.2) is 11.4 Å². The van der Waals surface area contributed by atoms with Crippen molar-refractivity contribution in [2.45, 2.75) is 30.6 Å². The number of ether oxygens (including phenoxy) is 1. The third-order valence-corrected chi connectivity index (χ3v) is 8.57. The van der Waals surface area contributed by atoms with E-state index in [2.05, 4.69) is 5.32 Å². The Bertz CT molecular complexity index is 1310. The van der Waals surface area contributed by atoms with Crippen LogP contribution in [0.4, 0.5) is 0 Å². The van der Waals surface area contributed by atoms with E-state index < -0.39 is 63.6 Å². The molecule has 39 heavy (non-hydrogen) atoms. The van der Waals surface area contributed by atoms with Gasteiger partial charge in [-0.1, -0.05) is 12.1 Å². The number of nitrogens with one attached hydrogen (secondary N) is 1. The van der Waals surface area contributed by atoms with E-state index in [1.807, 2.05) is 4.90 Å². The van der Waals surface area contributed by atoms with E-state index in [-0.39, 0.29) is 35.5 Å². The molecule has 1 aromatic rings. The van der Waals surface area contributed by atoms with Crippen molar-refractivity contribution < 1.29 is 44.7 Å². The molecule has 4 aliphatic rings. The molecule has 0 radical (unpaired) electrons. The second-order valence-electron chi connectivity index (χ2n) is 11.0. The predicted octanol–water partition coefficient (Wildman–Crippen LogP) is -0.450. The Labute approximate surface area is 224 Å². The third kappa shape index (κ3) is 3.89. The second-order valence-corrected chi connectivity index (χ2v) is 11.0. The van der Waals surface area contributed by atoms with Crippen molar-refractivity contribution in [3.8, 4) is 5.75 Å². The number of aromatic hydroxyl groups is 1. The minimum atomic E-state index is -2.74. The van der Waals surface area contributed by atoms with Gasteiger partial charge in [-0.3, -0.25) is 24.2 Å². The number of amides is 1. The molecule has 1 aromatic carbocycles. The van der Waals surface area contributed by atoms with Gasteiger partial charge in [0.1, 0.15) is 22.8 Å². The highest BCUT2D eigenvalue weighted by Gasteiger charge is 2.66. The highest BCUT2D eigenvalue weighted by molar-refractivity contribution is 6.25. The smallest absolute Gasteiger partial charge is 0.259 e. The summed E-state index contributed by atoms with van der Waals surface area (Å²) in [6.07, 6.45) is -0.189. The molecule has 0 aromatic heterocycles. The number of hydrogen-bond acceptors (Lipinski definition) is 11. The first kappa shape index (κ1) is 27.3. The molecule has 1 heterocycles. The van der Waals surface area contributed by atoms with E-state index >= 15 is 0 Å². The number of Topliss-reactive ketones (excluding diaryl/α,β-unsaturated/α-hetero) is 2. The quantitative estimate of drug-likeness (QED) is 0.271. The van der Waals surface area contributed by atoms with Crippen molar-refractivity contribution in [1.29, 1.82) is 0 Å². The van der Waals surface area contributed by atoms with Crippen LogP contribution in [-0.2, 0) is 24.7 Å². The average Bonchev–Trinajstić information content (AvgIpc) is 2.88. The van der Waals surface area contributed by atoms with Crippen LogP contribution in [-0.4, -0.2) is 112 Å². The summed E-state index contributed by atoms with van der Waals surface area (Å²) >= 11 is 0. The second kappa shape index (κ2) is 9.42. The zero-order valence-corrected chi connectivity index (χ0v) is 22.0. The first-order valence-corrected chi connectivity index (χ1v) is 12.8. The molecule has 12 nitrogen and oxygen atoms in total. The number of aliphatic hydroxyl groups is 4. The Kier molecular flexibility index (Phi) is 6.59. The number of aliphatic hydroxyl groups excluding tert-OH is 2. The number of likely N-dealkylation sites (N-methyl/N-ethyl adjacent to an activating group) is 1. The molecule has 12 heteroatoms. The molecule has 210 valence electrons. The number of phenolic OH excluding ortho intramolecular Hbond substituents is 1. The molecule has 1 saturated heterocycles. The summed E-state index contributed by atoms with van der Waals surface area (Å²) in [5.74, 6) is -7.32. The Morgan fingerprint density at radius 3 is 2.46 bits per heavy atom. The van der Waals surface area contributed by atoms with Crippen LogP contribution in [0.3, 0.4) is 0 Å². The summed E-state index contributed by atoms with van der Waals surface area (Å²) < 4.78 is 5.29. The van der Waals surface area contributed by atoms with Crippen molar-refractivity contribution in [2.24, 2.45) is 11.8 Å². The molecule has 1 aliphatic heterocycles. The monoisotopic (exact) mass is 543 g/mol. The fourth-order valence-corrected chi connectivity index (χ4v) is 6.51. The SMILES string of the molecule is CN(C)[C@@H]1C(=O)C(C(=O)NCN2CCOCC2)=C(O)[C@]2(O)C(=O)C3=C(O)c4c(O)cccc4[C@@](C)(O)[C@H]3C[C@@H]12. The highest BCUT2D eigenvalue weighted by Crippen LogP contribution is 2.57. The van der Waals surface area contributed by atoms with Crippen LogP contribution in [0.5, 0.6) is 5.75 Å². The Hall–Kier alpha value is -3.29. The summed E-state index contributed by atoms with van der Waals surface area (Å²) in [6, 6.07) is 3.08. The van der Waals surface area contributed by atoms with Gasteiger partial charge in [-0.05, 0) is 39.1 Å². The molecule has 5 rings (SSSR count). The normalized spacial score (nSPS) is 33.1. The number of hydrogen-bond donors (Lipinski definition) is 6. The van der Waals surface area contributed by atoms with Gasteiger partial charge in [-0.15, -0.1) is 0 Å². The summed E-state index contributed by atoms with van der Waals surface area (Å²) in [5.41, 5.74) is -5.63. The maximum atomic E-state index is 14.1. The standard InChI is InChI=1S/C27H33N3O9/c1-26(37)13-5-4-6-16(31)17(13)21(32)18-14(26)11-15-20(29(2)3)22(33)19(24(35)27(15,38)23(18)34)25(36)28-12-30-7-9-39-10-8-30/h4-6,14-15,20,31-32,35,37-38H,7-12H2,1-3H3,(H,28,36)/t14-,15-,20-,26+,27+/m0/s1. The van der Waals surface area contributed by atoms with E-state index in [4.69, 9.17) is 4.74 Å². The molecule has 0 bridgehead atoms. The summed E-state index contributed by atoms with van der Waals surface area (Å²) in [6.45, 7) is 3.53. The van der Waals surface area contributed by atoms with Gasteiger partial charge in [-0.2, -0.15) is 0 Å². The first-order valence-electron chi connectivity index (χ1n) is 12.8. The van der Waals surface area contributed by atoms with Gasteiger partial charge in [0.05, 0.1) is 37.1 Å². The third-order valence-electron chi connectivity index (χ3n) is 8.57. The van der Waals surface area contributed by atoms with Crippen LogP contribution in [0.25, 0.3) is 5.76 Å². The van der Waals surface area contributed by atoms with Gasteiger partial charge in [0.25, 0.3) is 5.91 Å². The zero-order valence-electron chi connectivity index (χ0n) is 22.0. The number of benzene rings is 1. The Balaban J connectivity index is 1.63. The Morgan fingerprint density at radius 2 is 1.82 bits per heavy atom. The molecule has 0 spiro atoms. The number of rotatable bonds is 4. The van der Waals surface area contributed by atoms with Crippen LogP contribution in [0.15, 0.2) is 35.1 Å². The van der Waals surface area contributed by atoms with E-state index in [1.165, 1.54) is 30.0 Å². The number of ketones is 2. The number of fused-ring (bicyclic) bond motifs is 3. The number of carbonyl (C=O) groups is 3. The van der Waals surface area contributed by atoms with Crippen LogP contribution < -0.4 is 5.32 Å². The Morgan fingerprint density at radius 1 is 1.15 bits per heavy atom.